The molecule has 310 valence electrons. The lowest BCUT2D eigenvalue weighted by molar-refractivity contribution is 0.656. The molecule has 2 aliphatic rings. The number of para-hydroxylation sites is 1. The fraction of sp³-hybridized carbons (Fsp3) is 0.0645. The van der Waals surface area contributed by atoms with Crippen molar-refractivity contribution < 1.29 is 0 Å². The summed E-state index contributed by atoms with van der Waals surface area (Å²) in [7, 11) is 0. The van der Waals surface area contributed by atoms with Gasteiger partial charge in [-0.2, -0.15) is 0 Å². The average molecular weight is 843 g/mol. The molecule has 1 fully saturated rings. The molecule has 1 saturated carbocycles. The van der Waals surface area contributed by atoms with Gasteiger partial charge in [-0.15, -0.1) is 0 Å². The van der Waals surface area contributed by atoms with Crippen molar-refractivity contribution in [2.24, 2.45) is 21.8 Å². The molecule has 0 N–H and O–H groups in total. The number of nitrogens with zero attached hydrogens (tertiary/aromatic N) is 4. The van der Waals surface area contributed by atoms with Crippen molar-refractivity contribution in [1.29, 1.82) is 0 Å². The van der Waals surface area contributed by atoms with Crippen molar-refractivity contribution in [2.45, 2.75) is 12.5 Å². The summed E-state index contributed by atoms with van der Waals surface area (Å²) in [6.45, 7) is 2.34. The highest BCUT2D eigenvalue weighted by Gasteiger charge is 2.67. The number of benzene rings is 10. The third-order valence-electron chi connectivity index (χ3n) is 14.7. The molecule has 0 amide bonds. The lowest BCUT2D eigenvalue weighted by Gasteiger charge is -2.22. The Morgan fingerprint density at radius 2 is 1.06 bits per heavy atom. The molecular weight excluding hydrogens is 801 g/mol. The average Bonchev–Trinajstić information content (AvgIpc) is 3.68. The highest BCUT2D eigenvalue weighted by atomic mass is 15.1. The summed E-state index contributed by atoms with van der Waals surface area (Å²) in [6.07, 6.45) is 0. The molecule has 1 aliphatic heterocycles. The van der Waals surface area contributed by atoms with Gasteiger partial charge < -0.3 is 9.13 Å². The van der Waals surface area contributed by atoms with Crippen LogP contribution in [0.25, 0.3) is 87.7 Å². The van der Waals surface area contributed by atoms with Crippen LogP contribution in [0, 0.1) is 11.8 Å². The lowest BCUT2D eigenvalue weighted by atomic mass is 9.92. The van der Waals surface area contributed by atoms with Crippen molar-refractivity contribution in [3.05, 3.63) is 241 Å². The van der Waals surface area contributed by atoms with E-state index in [1.165, 1.54) is 87.4 Å². The number of hydrogen-bond acceptors (Lipinski definition) is 2. The van der Waals surface area contributed by atoms with Crippen molar-refractivity contribution in [1.82, 2.24) is 9.13 Å². The van der Waals surface area contributed by atoms with E-state index in [1.807, 2.05) is 0 Å². The van der Waals surface area contributed by atoms with Crippen LogP contribution in [0.3, 0.4) is 0 Å². The molecule has 66 heavy (non-hydrogen) atoms. The maximum atomic E-state index is 5.50. The SMILES string of the molecule is CC1C2C(c3cccc4cc(-n5c6cc(-c7ccccc7)ccc6c6cc7c8c9ccccc9ccc8n(-c8ccccc8)c7cc65)ccc34)=NC(c3ccccc3)=NC12c1ccccc1. The molecule has 14 rings (SSSR count). The molecule has 3 atom stereocenters. The van der Waals surface area contributed by atoms with E-state index in [0.717, 1.165) is 28.5 Å². The summed E-state index contributed by atoms with van der Waals surface area (Å²) in [4.78, 5) is 11.0. The largest absolute Gasteiger partial charge is 0.309 e. The molecule has 10 aromatic carbocycles. The summed E-state index contributed by atoms with van der Waals surface area (Å²) in [5.41, 5.74) is 13.6. The molecule has 1 aliphatic carbocycles. The van der Waals surface area contributed by atoms with E-state index in [1.54, 1.807) is 0 Å². The first-order chi connectivity index (χ1) is 32.6. The molecule has 0 saturated heterocycles. The van der Waals surface area contributed by atoms with Crippen LogP contribution in [0.15, 0.2) is 234 Å². The van der Waals surface area contributed by atoms with Crippen molar-refractivity contribution in [3.63, 3.8) is 0 Å². The first kappa shape index (κ1) is 37.1. The molecular formula is C62H42N4. The zero-order chi connectivity index (χ0) is 43.5. The van der Waals surface area contributed by atoms with Crippen LogP contribution in [-0.4, -0.2) is 20.7 Å². The van der Waals surface area contributed by atoms with Gasteiger partial charge in [0.2, 0.25) is 0 Å². The van der Waals surface area contributed by atoms with E-state index < -0.39 is 0 Å². The Bertz CT molecular complexity index is 3990. The van der Waals surface area contributed by atoms with Gasteiger partial charge in [0, 0.05) is 50.0 Å². The molecule has 3 unspecified atom stereocenters. The molecule has 4 nitrogen and oxygen atoms in total. The van der Waals surface area contributed by atoms with Gasteiger partial charge in [0.25, 0.3) is 0 Å². The predicted molar refractivity (Wildman–Crippen MR) is 276 cm³/mol. The minimum Gasteiger partial charge on any atom is -0.309 e. The second-order valence-electron chi connectivity index (χ2n) is 18.1. The predicted octanol–water partition coefficient (Wildman–Crippen LogP) is 15.3. The highest BCUT2D eigenvalue weighted by molar-refractivity contribution is 6.26. The van der Waals surface area contributed by atoms with Gasteiger partial charge in [0.1, 0.15) is 5.54 Å². The number of hydrogen-bond donors (Lipinski definition) is 0. The summed E-state index contributed by atoms with van der Waals surface area (Å²) in [5.74, 6) is 1.27. The lowest BCUT2D eigenvalue weighted by Crippen LogP contribution is -2.23. The number of amidine groups is 1. The van der Waals surface area contributed by atoms with E-state index in [4.69, 9.17) is 9.98 Å². The van der Waals surface area contributed by atoms with Crippen molar-refractivity contribution in [3.8, 4) is 22.5 Å². The van der Waals surface area contributed by atoms with Gasteiger partial charge in [-0.3, -0.25) is 4.99 Å². The summed E-state index contributed by atoms with van der Waals surface area (Å²) >= 11 is 0. The van der Waals surface area contributed by atoms with Crippen LogP contribution in [0.4, 0.5) is 0 Å². The Kier molecular flexibility index (Phi) is 7.91. The standard InChI is InChI=1S/C62H42N4/c1-39-59-60(63-61(42-20-8-3-9-21-42)64-62(39,59)45-23-10-4-11-24-45)51-28-16-22-44-35-47(31-33-48(44)51)66-55-36-43(40-17-6-2-7-18-40)29-32-50(55)52-37-53-57(38-56(52)66)65(46-25-12-5-13-26-46)54-34-30-41-19-14-15-27-49(41)58(53)54/h2-39,59H,1H3. The Balaban J connectivity index is 1.02. The molecule has 2 aromatic heterocycles. The maximum Gasteiger partial charge on any atom is 0.155 e. The van der Waals surface area contributed by atoms with Gasteiger partial charge in [0.05, 0.1) is 27.8 Å². The fourth-order valence-electron chi connectivity index (χ4n) is 11.6. The number of fused-ring (bicyclic) bond motifs is 10. The molecule has 0 bridgehead atoms. The van der Waals surface area contributed by atoms with Crippen LogP contribution in [0.2, 0.25) is 0 Å². The van der Waals surface area contributed by atoms with Crippen molar-refractivity contribution >= 4 is 76.7 Å². The van der Waals surface area contributed by atoms with Gasteiger partial charge in [-0.05, 0) is 92.7 Å². The second kappa shape index (κ2) is 14.1. The van der Waals surface area contributed by atoms with Gasteiger partial charge >= 0.3 is 0 Å². The monoisotopic (exact) mass is 842 g/mol. The van der Waals surface area contributed by atoms with E-state index in [-0.39, 0.29) is 11.5 Å². The van der Waals surface area contributed by atoms with E-state index >= 15 is 0 Å². The minimum atomic E-state index is -0.356. The van der Waals surface area contributed by atoms with Gasteiger partial charge in [-0.1, -0.05) is 183 Å². The Labute approximate surface area is 382 Å². The summed E-state index contributed by atoms with van der Waals surface area (Å²) in [5, 5.41) is 9.87. The Morgan fingerprint density at radius 3 is 1.86 bits per heavy atom. The quantitative estimate of drug-likeness (QED) is 0.160. The normalized spacial score (nSPS) is 18.0. The smallest absolute Gasteiger partial charge is 0.155 e. The molecule has 4 heteroatoms. The Morgan fingerprint density at radius 1 is 0.409 bits per heavy atom. The van der Waals surface area contributed by atoms with Crippen LogP contribution in [0.5, 0.6) is 0 Å². The highest BCUT2D eigenvalue weighted by Crippen LogP contribution is 2.64. The van der Waals surface area contributed by atoms with Crippen LogP contribution in [0.1, 0.15) is 23.6 Å². The van der Waals surface area contributed by atoms with Gasteiger partial charge in [-0.25, -0.2) is 4.99 Å². The topological polar surface area (TPSA) is 34.6 Å². The summed E-state index contributed by atoms with van der Waals surface area (Å²) < 4.78 is 4.95. The zero-order valence-electron chi connectivity index (χ0n) is 36.3. The number of rotatable bonds is 6. The van der Waals surface area contributed by atoms with Crippen molar-refractivity contribution in [2.75, 3.05) is 0 Å². The maximum absolute atomic E-state index is 5.50. The first-order valence-corrected chi connectivity index (χ1v) is 23.0. The van der Waals surface area contributed by atoms with Crippen LogP contribution in [-0.2, 0) is 5.54 Å². The molecule has 0 radical (unpaired) electrons. The minimum absolute atomic E-state index is 0.169. The third-order valence-corrected chi connectivity index (χ3v) is 14.7. The first-order valence-electron chi connectivity index (χ1n) is 23.0. The van der Waals surface area contributed by atoms with Crippen LogP contribution < -0.4 is 0 Å². The number of aromatic nitrogens is 2. The van der Waals surface area contributed by atoms with Gasteiger partial charge in [0.15, 0.2) is 5.84 Å². The fourth-order valence-corrected chi connectivity index (χ4v) is 11.6. The van der Waals surface area contributed by atoms with E-state index in [9.17, 15) is 0 Å². The molecule has 0 spiro atoms. The Hall–Kier alpha value is -8.34. The molecule has 3 heterocycles. The van der Waals surface area contributed by atoms with Crippen LogP contribution >= 0.6 is 0 Å². The zero-order valence-corrected chi connectivity index (χ0v) is 36.3. The van der Waals surface area contributed by atoms with E-state index in [0.29, 0.717) is 5.92 Å². The van der Waals surface area contributed by atoms with E-state index in [2.05, 4.69) is 241 Å². The second-order valence-corrected chi connectivity index (χ2v) is 18.1. The third kappa shape index (κ3) is 5.33. The summed E-state index contributed by atoms with van der Waals surface area (Å²) in [6, 6.07) is 81.9. The number of aliphatic imine (C=N–C) groups is 2. The molecule has 12 aromatic rings.